The van der Waals surface area contributed by atoms with Crippen LogP contribution >= 0.6 is 0 Å². The van der Waals surface area contributed by atoms with Gasteiger partial charge >= 0.3 is 0 Å². The van der Waals surface area contributed by atoms with Crippen molar-refractivity contribution in [1.82, 2.24) is 20.0 Å². The molecule has 0 aliphatic heterocycles. The van der Waals surface area contributed by atoms with Gasteiger partial charge in [0.15, 0.2) is 5.82 Å². The summed E-state index contributed by atoms with van der Waals surface area (Å²) in [6.07, 6.45) is 3.45. The first-order valence-electron chi connectivity index (χ1n) is 8.79. The molecule has 8 heteroatoms. The van der Waals surface area contributed by atoms with Crippen LogP contribution < -0.4 is 14.8 Å². The second-order valence-electron chi connectivity index (χ2n) is 5.96. The normalized spacial score (nSPS) is 10.4. The number of amides is 1. The maximum absolute atomic E-state index is 12.5. The Hall–Kier alpha value is -4.20. The first-order chi connectivity index (χ1) is 14.2. The molecule has 0 saturated heterocycles. The van der Waals surface area contributed by atoms with E-state index < -0.39 is 0 Å². The number of nitrogens with zero attached hydrogens (tertiary/aromatic N) is 4. The van der Waals surface area contributed by atoms with Crippen LogP contribution in [-0.4, -0.2) is 33.0 Å². The number of methoxy groups -OCH3 is 1. The number of benzene rings is 2. The van der Waals surface area contributed by atoms with Crippen LogP contribution in [0, 0.1) is 0 Å². The Bertz CT molecular complexity index is 1090. The summed E-state index contributed by atoms with van der Waals surface area (Å²) < 4.78 is 12.5. The number of carbonyl (C=O) groups excluding carboxylic acids is 1. The summed E-state index contributed by atoms with van der Waals surface area (Å²) in [5, 5.41) is 15.1. The number of ether oxygens (including phenoxy) is 2. The van der Waals surface area contributed by atoms with Crippen molar-refractivity contribution in [3.8, 4) is 23.2 Å². The SMILES string of the molecule is COc1ccccc1C(=O)Nc1ccc(Oc2ccc(-n3cccn3)nn2)cc1. The van der Waals surface area contributed by atoms with Crippen molar-refractivity contribution in [2.45, 2.75) is 0 Å². The zero-order valence-electron chi connectivity index (χ0n) is 15.5. The molecule has 2 aromatic heterocycles. The van der Waals surface area contributed by atoms with Gasteiger partial charge in [0, 0.05) is 24.1 Å². The van der Waals surface area contributed by atoms with Crippen LogP contribution in [0.5, 0.6) is 17.4 Å². The maximum Gasteiger partial charge on any atom is 0.259 e. The molecule has 0 fully saturated rings. The second kappa shape index (κ2) is 8.22. The van der Waals surface area contributed by atoms with Crippen molar-refractivity contribution < 1.29 is 14.3 Å². The highest BCUT2D eigenvalue weighted by Crippen LogP contribution is 2.23. The maximum atomic E-state index is 12.5. The quantitative estimate of drug-likeness (QED) is 0.542. The van der Waals surface area contributed by atoms with E-state index in [1.165, 1.54) is 7.11 Å². The topological polar surface area (TPSA) is 91.2 Å². The van der Waals surface area contributed by atoms with Crippen molar-refractivity contribution in [2.75, 3.05) is 12.4 Å². The van der Waals surface area contributed by atoms with E-state index in [2.05, 4.69) is 20.6 Å². The number of hydrogen-bond donors (Lipinski definition) is 1. The largest absolute Gasteiger partial charge is 0.496 e. The molecule has 0 unspecified atom stereocenters. The Morgan fingerprint density at radius 1 is 0.966 bits per heavy atom. The smallest absolute Gasteiger partial charge is 0.259 e. The van der Waals surface area contributed by atoms with Gasteiger partial charge in [-0.1, -0.05) is 12.1 Å². The third-order valence-corrected chi connectivity index (χ3v) is 4.05. The van der Waals surface area contributed by atoms with Crippen LogP contribution in [0.3, 0.4) is 0 Å². The molecular formula is C21H17N5O3. The number of carbonyl (C=O) groups is 1. The van der Waals surface area contributed by atoms with Gasteiger partial charge in [0.05, 0.1) is 12.7 Å². The molecule has 0 atom stereocenters. The van der Waals surface area contributed by atoms with Gasteiger partial charge in [-0.25, -0.2) is 4.68 Å². The van der Waals surface area contributed by atoms with E-state index in [1.54, 1.807) is 77.7 Å². The highest BCUT2D eigenvalue weighted by Gasteiger charge is 2.11. The van der Waals surface area contributed by atoms with Crippen LogP contribution in [0.1, 0.15) is 10.4 Å². The number of rotatable bonds is 6. The van der Waals surface area contributed by atoms with Crippen molar-refractivity contribution in [2.24, 2.45) is 0 Å². The molecule has 0 aliphatic carbocycles. The van der Waals surface area contributed by atoms with E-state index in [1.807, 2.05) is 6.07 Å². The average molecular weight is 387 g/mol. The minimum Gasteiger partial charge on any atom is -0.496 e. The Kier molecular flexibility index (Phi) is 5.15. The van der Waals surface area contributed by atoms with Gasteiger partial charge in [0.25, 0.3) is 5.91 Å². The fraction of sp³-hybridized carbons (Fsp3) is 0.0476. The first kappa shape index (κ1) is 18.2. The van der Waals surface area contributed by atoms with Gasteiger partial charge in [-0.2, -0.15) is 5.10 Å². The number of hydrogen-bond acceptors (Lipinski definition) is 6. The predicted octanol–water partition coefficient (Wildman–Crippen LogP) is 3.72. The third kappa shape index (κ3) is 4.22. The molecule has 2 aromatic carbocycles. The standard InChI is InChI=1S/C21H17N5O3/c1-28-18-6-3-2-5-17(18)21(27)23-15-7-9-16(10-8-15)29-20-12-11-19(24-25-20)26-14-4-13-22-26/h2-14H,1H3,(H,23,27). The van der Waals surface area contributed by atoms with E-state index in [0.29, 0.717) is 34.4 Å². The fourth-order valence-electron chi connectivity index (χ4n) is 2.65. The van der Waals surface area contributed by atoms with Crippen LogP contribution in [-0.2, 0) is 0 Å². The van der Waals surface area contributed by atoms with E-state index in [-0.39, 0.29) is 5.91 Å². The summed E-state index contributed by atoms with van der Waals surface area (Å²) in [6, 6.07) is 19.3. The number of aromatic nitrogens is 4. The summed E-state index contributed by atoms with van der Waals surface area (Å²) >= 11 is 0. The van der Waals surface area contributed by atoms with Crippen molar-refractivity contribution in [3.05, 3.63) is 84.7 Å². The Labute approximate surface area is 166 Å². The highest BCUT2D eigenvalue weighted by atomic mass is 16.5. The molecule has 29 heavy (non-hydrogen) atoms. The Balaban J connectivity index is 1.41. The van der Waals surface area contributed by atoms with E-state index in [0.717, 1.165) is 0 Å². The van der Waals surface area contributed by atoms with Crippen LogP contribution in [0.25, 0.3) is 5.82 Å². The van der Waals surface area contributed by atoms with Crippen LogP contribution in [0.15, 0.2) is 79.1 Å². The molecule has 4 aromatic rings. The van der Waals surface area contributed by atoms with Crippen molar-refractivity contribution in [3.63, 3.8) is 0 Å². The fourth-order valence-corrected chi connectivity index (χ4v) is 2.65. The summed E-state index contributed by atoms with van der Waals surface area (Å²) in [5.74, 6) is 1.78. The average Bonchev–Trinajstić information content (AvgIpc) is 3.30. The zero-order valence-corrected chi connectivity index (χ0v) is 15.5. The van der Waals surface area contributed by atoms with Crippen molar-refractivity contribution >= 4 is 11.6 Å². The van der Waals surface area contributed by atoms with E-state index in [4.69, 9.17) is 9.47 Å². The number of anilines is 1. The molecule has 0 spiro atoms. The lowest BCUT2D eigenvalue weighted by molar-refractivity contribution is 0.102. The number of para-hydroxylation sites is 1. The molecule has 4 rings (SSSR count). The van der Waals surface area contributed by atoms with E-state index >= 15 is 0 Å². The van der Waals surface area contributed by atoms with Gasteiger partial charge in [-0.15, -0.1) is 10.2 Å². The predicted molar refractivity (Wildman–Crippen MR) is 107 cm³/mol. The Morgan fingerprint density at radius 2 is 1.79 bits per heavy atom. The Morgan fingerprint density at radius 3 is 2.48 bits per heavy atom. The molecule has 1 amide bonds. The first-order valence-corrected chi connectivity index (χ1v) is 8.79. The monoisotopic (exact) mass is 387 g/mol. The molecule has 8 nitrogen and oxygen atoms in total. The lowest BCUT2D eigenvalue weighted by Crippen LogP contribution is -2.12. The summed E-state index contributed by atoms with van der Waals surface area (Å²) in [6.45, 7) is 0. The minimum atomic E-state index is -0.254. The van der Waals surface area contributed by atoms with Gasteiger partial charge in [0.2, 0.25) is 5.88 Å². The summed E-state index contributed by atoms with van der Waals surface area (Å²) in [7, 11) is 1.53. The molecule has 0 aliphatic rings. The third-order valence-electron chi connectivity index (χ3n) is 4.05. The van der Waals surface area contributed by atoms with Gasteiger partial charge in [0.1, 0.15) is 11.5 Å². The second-order valence-corrected chi connectivity index (χ2v) is 5.96. The van der Waals surface area contributed by atoms with Gasteiger partial charge in [-0.05, 0) is 48.5 Å². The molecule has 2 heterocycles. The molecule has 0 saturated carbocycles. The highest BCUT2D eigenvalue weighted by molar-refractivity contribution is 6.06. The van der Waals surface area contributed by atoms with Crippen molar-refractivity contribution in [1.29, 1.82) is 0 Å². The van der Waals surface area contributed by atoms with Gasteiger partial charge in [-0.3, -0.25) is 4.79 Å². The molecule has 144 valence electrons. The van der Waals surface area contributed by atoms with Crippen LogP contribution in [0.4, 0.5) is 5.69 Å². The molecule has 1 N–H and O–H groups in total. The minimum absolute atomic E-state index is 0.254. The molecular weight excluding hydrogens is 370 g/mol. The number of nitrogens with one attached hydrogen (secondary N) is 1. The zero-order chi connectivity index (χ0) is 20.1. The van der Waals surface area contributed by atoms with Crippen LogP contribution in [0.2, 0.25) is 0 Å². The lowest BCUT2D eigenvalue weighted by Gasteiger charge is -2.10. The summed E-state index contributed by atoms with van der Waals surface area (Å²) in [5.41, 5.74) is 1.09. The lowest BCUT2D eigenvalue weighted by atomic mass is 10.2. The molecule has 0 radical (unpaired) electrons. The van der Waals surface area contributed by atoms with E-state index in [9.17, 15) is 4.79 Å². The van der Waals surface area contributed by atoms with Gasteiger partial charge < -0.3 is 14.8 Å². The summed E-state index contributed by atoms with van der Waals surface area (Å²) in [4.78, 5) is 12.5. The molecule has 0 bridgehead atoms.